The highest BCUT2D eigenvalue weighted by Crippen LogP contribution is 2.16. The van der Waals surface area contributed by atoms with Crippen LogP contribution in [0.15, 0.2) is 54.6 Å². The maximum Gasteiger partial charge on any atom is 0.243 e. The van der Waals surface area contributed by atoms with Crippen LogP contribution in [0.4, 0.5) is 4.39 Å². The summed E-state index contributed by atoms with van der Waals surface area (Å²) in [5.74, 6) is -0.843. The molecule has 27 heavy (non-hydrogen) atoms. The number of nitrogens with one attached hydrogen (secondary N) is 1. The monoisotopic (exact) mass is 372 g/mol. The Bertz CT molecular complexity index is 735. The summed E-state index contributed by atoms with van der Waals surface area (Å²) < 4.78 is 13.2. The van der Waals surface area contributed by atoms with Crippen molar-refractivity contribution in [2.45, 2.75) is 32.4 Å². The summed E-state index contributed by atoms with van der Waals surface area (Å²) in [6.07, 6.45) is 0.602. The third kappa shape index (κ3) is 6.18. The van der Waals surface area contributed by atoms with Gasteiger partial charge in [0.15, 0.2) is 0 Å². The minimum atomic E-state index is -0.726. The second-order valence-electron chi connectivity index (χ2n) is 6.22. The minimum absolute atomic E-state index is 0.120. The van der Waals surface area contributed by atoms with Gasteiger partial charge in [-0.2, -0.15) is 0 Å². The number of amides is 2. The molecule has 5 nitrogen and oxygen atoms in total. The first kappa shape index (κ1) is 20.6. The zero-order valence-electron chi connectivity index (χ0n) is 15.4. The maximum atomic E-state index is 13.2. The molecule has 0 saturated carbocycles. The highest BCUT2D eigenvalue weighted by molar-refractivity contribution is 5.87. The molecule has 144 valence electrons. The maximum absolute atomic E-state index is 13.2. The van der Waals surface area contributed by atoms with Crippen LogP contribution in [-0.4, -0.2) is 41.0 Å². The van der Waals surface area contributed by atoms with Crippen molar-refractivity contribution in [2.24, 2.45) is 0 Å². The molecule has 2 amide bonds. The van der Waals surface area contributed by atoms with Crippen molar-refractivity contribution in [3.8, 4) is 0 Å². The first-order valence-electron chi connectivity index (χ1n) is 9.01. The molecule has 0 aromatic heterocycles. The molecule has 2 aromatic rings. The van der Waals surface area contributed by atoms with Crippen LogP contribution in [0.5, 0.6) is 0 Å². The van der Waals surface area contributed by atoms with E-state index in [9.17, 15) is 14.0 Å². The summed E-state index contributed by atoms with van der Waals surface area (Å²) in [7, 11) is 0. The lowest BCUT2D eigenvalue weighted by molar-refractivity contribution is -0.141. The van der Waals surface area contributed by atoms with Gasteiger partial charge in [0.2, 0.25) is 11.8 Å². The van der Waals surface area contributed by atoms with E-state index in [-0.39, 0.29) is 43.7 Å². The van der Waals surface area contributed by atoms with E-state index in [4.69, 9.17) is 5.11 Å². The number of hydrogen-bond donors (Lipinski definition) is 2. The van der Waals surface area contributed by atoms with Gasteiger partial charge in [-0.1, -0.05) is 49.4 Å². The number of rotatable bonds is 9. The Morgan fingerprint density at radius 2 is 1.74 bits per heavy atom. The summed E-state index contributed by atoms with van der Waals surface area (Å²) in [4.78, 5) is 26.9. The molecule has 0 aliphatic rings. The van der Waals surface area contributed by atoms with Gasteiger partial charge in [-0.15, -0.1) is 0 Å². The predicted octanol–water partition coefficient (Wildman–Crippen LogP) is 2.28. The van der Waals surface area contributed by atoms with Gasteiger partial charge in [0.05, 0.1) is 6.61 Å². The molecular formula is C21H25FN2O3. The Labute approximate surface area is 158 Å². The van der Waals surface area contributed by atoms with Crippen molar-refractivity contribution in [3.63, 3.8) is 0 Å². The molecule has 0 saturated heterocycles. The highest BCUT2D eigenvalue weighted by Gasteiger charge is 2.29. The zero-order chi connectivity index (χ0) is 19.6. The average Bonchev–Trinajstić information content (AvgIpc) is 2.70. The van der Waals surface area contributed by atoms with E-state index >= 15 is 0 Å². The van der Waals surface area contributed by atoms with Crippen molar-refractivity contribution in [3.05, 3.63) is 71.5 Å². The van der Waals surface area contributed by atoms with Crippen LogP contribution in [-0.2, 0) is 22.6 Å². The Kier molecular flexibility index (Phi) is 7.95. The van der Waals surface area contributed by atoms with Crippen LogP contribution in [0.25, 0.3) is 0 Å². The normalized spacial score (nSPS) is 11.7. The predicted molar refractivity (Wildman–Crippen MR) is 101 cm³/mol. The zero-order valence-corrected chi connectivity index (χ0v) is 15.4. The molecular weight excluding hydrogens is 347 g/mol. The highest BCUT2D eigenvalue weighted by atomic mass is 19.1. The van der Waals surface area contributed by atoms with Crippen molar-refractivity contribution < 1.29 is 19.1 Å². The fraction of sp³-hybridized carbons (Fsp3) is 0.333. The molecule has 1 atom stereocenters. The lowest BCUT2D eigenvalue weighted by Gasteiger charge is -2.31. The standard InChI is InChI=1S/C21H25FN2O3/c1-2-20(26)24(15-17-8-10-18(22)11-9-17)19(21(27)23-12-13-25)14-16-6-4-3-5-7-16/h3-11,19,25H,2,12-15H2,1H3,(H,23,27)/t19-/m0/s1. The van der Waals surface area contributed by atoms with Gasteiger partial charge in [-0.3, -0.25) is 9.59 Å². The van der Waals surface area contributed by atoms with E-state index in [0.29, 0.717) is 6.42 Å². The lowest BCUT2D eigenvalue weighted by atomic mass is 10.0. The quantitative estimate of drug-likeness (QED) is 0.710. The van der Waals surface area contributed by atoms with Gasteiger partial charge in [0.25, 0.3) is 0 Å². The number of benzene rings is 2. The number of carbonyl (C=O) groups is 2. The number of hydrogen-bond acceptors (Lipinski definition) is 3. The molecule has 6 heteroatoms. The number of halogens is 1. The molecule has 2 N–H and O–H groups in total. The summed E-state index contributed by atoms with van der Waals surface area (Å²) in [6.45, 7) is 1.89. The van der Waals surface area contributed by atoms with Crippen LogP contribution < -0.4 is 5.32 Å². The molecule has 2 rings (SSSR count). The van der Waals surface area contributed by atoms with Crippen LogP contribution in [0.1, 0.15) is 24.5 Å². The van der Waals surface area contributed by atoms with Gasteiger partial charge < -0.3 is 15.3 Å². The first-order valence-corrected chi connectivity index (χ1v) is 9.01. The number of carbonyl (C=O) groups excluding carboxylic acids is 2. The third-order valence-electron chi connectivity index (χ3n) is 4.25. The molecule has 0 radical (unpaired) electrons. The van der Waals surface area contributed by atoms with Crippen LogP contribution in [0, 0.1) is 5.82 Å². The SMILES string of the molecule is CCC(=O)N(Cc1ccc(F)cc1)[C@@H](Cc1ccccc1)C(=O)NCCO. The average molecular weight is 372 g/mol. The van der Waals surface area contributed by atoms with Crippen molar-refractivity contribution >= 4 is 11.8 Å². The summed E-state index contributed by atoms with van der Waals surface area (Å²) in [6, 6.07) is 14.6. The van der Waals surface area contributed by atoms with Gasteiger partial charge in [-0.25, -0.2) is 4.39 Å². The fourth-order valence-electron chi connectivity index (χ4n) is 2.84. The van der Waals surface area contributed by atoms with Crippen molar-refractivity contribution in [1.82, 2.24) is 10.2 Å². The second-order valence-corrected chi connectivity index (χ2v) is 6.22. The molecule has 0 aliphatic carbocycles. The Hall–Kier alpha value is -2.73. The van der Waals surface area contributed by atoms with Gasteiger partial charge >= 0.3 is 0 Å². The van der Waals surface area contributed by atoms with Crippen molar-refractivity contribution in [1.29, 1.82) is 0 Å². The Morgan fingerprint density at radius 1 is 1.07 bits per heavy atom. The molecule has 0 unspecified atom stereocenters. The summed E-state index contributed by atoms with van der Waals surface area (Å²) in [5, 5.41) is 11.7. The first-order chi connectivity index (χ1) is 13.0. The second kappa shape index (κ2) is 10.4. The van der Waals surface area contributed by atoms with E-state index in [1.54, 1.807) is 19.1 Å². The smallest absolute Gasteiger partial charge is 0.243 e. The summed E-state index contributed by atoms with van der Waals surface area (Å²) >= 11 is 0. The molecule has 0 bridgehead atoms. The topological polar surface area (TPSA) is 69.6 Å². The Morgan fingerprint density at radius 3 is 2.33 bits per heavy atom. The fourth-order valence-corrected chi connectivity index (χ4v) is 2.84. The summed E-state index contributed by atoms with van der Waals surface area (Å²) in [5.41, 5.74) is 1.67. The van der Waals surface area contributed by atoms with Gasteiger partial charge in [0.1, 0.15) is 11.9 Å². The van der Waals surface area contributed by atoms with Crippen molar-refractivity contribution in [2.75, 3.05) is 13.2 Å². The molecule has 0 spiro atoms. The van der Waals surface area contributed by atoms with E-state index in [0.717, 1.165) is 11.1 Å². The molecule has 0 fully saturated rings. The largest absolute Gasteiger partial charge is 0.395 e. The van der Waals surface area contributed by atoms with Crippen LogP contribution >= 0.6 is 0 Å². The number of aliphatic hydroxyl groups is 1. The van der Waals surface area contributed by atoms with E-state index in [1.165, 1.54) is 17.0 Å². The molecule has 0 heterocycles. The lowest BCUT2D eigenvalue weighted by Crippen LogP contribution is -2.50. The van der Waals surface area contributed by atoms with E-state index in [2.05, 4.69) is 5.32 Å². The van der Waals surface area contributed by atoms with E-state index < -0.39 is 6.04 Å². The Balaban J connectivity index is 2.30. The van der Waals surface area contributed by atoms with Crippen LogP contribution in [0.2, 0.25) is 0 Å². The number of aliphatic hydroxyl groups excluding tert-OH is 1. The van der Waals surface area contributed by atoms with E-state index in [1.807, 2.05) is 30.3 Å². The number of nitrogens with zero attached hydrogens (tertiary/aromatic N) is 1. The minimum Gasteiger partial charge on any atom is -0.395 e. The third-order valence-corrected chi connectivity index (χ3v) is 4.25. The molecule has 0 aliphatic heterocycles. The van der Waals surface area contributed by atoms with Gasteiger partial charge in [-0.05, 0) is 23.3 Å². The van der Waals surface area contributed by atoms with Gasteiger partial charge in [0, 0.05) is 25.9 Å². The van der Waals surface area contributed by atoms with Crippen LogP contribution in [0.3, 0.4) is 0 Å². The molecule has 2 aromatic carbocycles.